The molecule has 0 bridgehead atoms. The Bertz CT molecular complexity index is 2840. The Morgan fingerprint density at radius 2 is 0.960 bits per heavy atom. The van der Waals surface area contributed by atoms with E-state index in [9.17, 15) is 0 Å². The summed E-state index contributed by atoms with van der Waals surface area (Å²) in [5.41, 5.74) is 7.03. The van der Waals surface area contributed by atoms with E-state index in [1.165, 1.54) is 0 Å². The predicted molar refractivity (Wildman–Crippen MR) is 216 cm³/mol. The highest BCUT2D eigenvalue weighted by atomic mass is 16.3. The Labute approximate surface area is 297 Å². The number of anilines is 3. The van der Waals surface area contributed by atoms with E-state index in [4.69, 9.17) is 63.8 Å². The van der Waals surface area contributed by atoms with Gasteiger partial charge in [-0.2, -0.15) is 0 Å². The molecule has 2 heterocycles. The van der Waals surface area contributed by atoms with Gasteiger partial charge in [0.2, 0.25) is 0 Å². The topological polar surface area (TPSA) is 29.5 Å². The van der Waals surface area contributed by atoms with Gasteiger partial charge in [0.15, 0.2) is 5.58 Å². The van der Waals surface area contributed by atoms with E-state index in [0.29, 0.717) is 27.7 Å². The molecule has 9 rings (SSSR count). The molecule has 0 aliphatic heterocycles. The Hall–Kier alpha value is -5.35. The van der Waals surface area contributed by atoms with Gasteiger partial charge in [-0.1, -0.05) is 107 Å². The van der Waals surface area contributed by atoms with E-state index in [-0.39, 0.29) is 49.4 Å². The molecule has 0 N–H and O–H groups in total. The molecular formula is C40H18B7NO2. The average molecular weight is 620 g/mol. The van der Waals surface area contributed by atoms with E-state index in [1.54, 1.807) is 0 Å². The number of benzene rings is 7. The Kier molecular flexibility index (Phi) is 6.97. The van der Waals surface area contributed by atoms with Crippen molar-refractivity contribution in [1.82, 2.24) is 0 Å². The highest BCUT2D eigenvalue weighted by molar-refractivity contribution is 6.69. The molecule has 0 unspecified atom stereocenters. The second kappa shape index (κ2) is 11.3. The minimum Gasteiger partial charge on any atom is -0.457 e. The summed E-state index contributed by atoms with van der Waals surface area (Å²) >= 11 is 0. The highest BCUT2D eigenvalue weighted by Crippen LogP contribution is 2.43. The first-order chi connectivity index (χ1) is 24.2. The summed E-state index contributed by atoms with van der Waals surface area (Å²) < 4.78 is 13.1. The standard InChI is InChI=1S/C40H18B7NO2/c41-29-27-28-30(42)33(45)36(35(47)40(28)50-39(27)34(46)32(44)31(29)43)48(22-16-13-20(14-17-22)19-7-2-1-3-8-19)26-12-6-11-24-25-18-15-21-9-4-5-10-23(21)37(25)49-38(24)26/h1-18H. The van der Waals surface area contributed by atoms with Gasteiger partial charge in [0.05, 0.1) is 5.69 Å². The molecule has 3 nitrogen and oxygen atoms in total. The number of hydrogen-bond acceptors (Lipinski definition) is 3. The molecular weight excluding hydrogens is 602 g/mol. The zero-order valence-electron chi connectivity index (χ0n) is 26.7. The first-order valence-electron chi connectivity index (χ1n) is 16.0. The van der Waals surface area contributed by atoms with E-state index in [1.807, 2.05) is 77.7 Å². The molecule has 0 spiro atoms. The van der Waals surface area contributed by atoms with E-state index in [0.717, 1.165) is 43.9 Å². The summed E-state index contributed by atoms with van der Waals surface area (Å²) in [5, 5.41) is 4.79. The van der Waals surface area contributed by atoms with Gasteiger partial charge in [0.1, 0.15) is 71.7 Å². The van der Waals surface area contributed by atoms with Crippen molar-refractivity contribution in [3.05, 3.63) is 109 Å². The monoisotopic (exact) mass is 621 g/mol. The molecule has 0 aliphatic rings. The Morgan fingerprint density at radius 1 is 0.380 bits per heavy atom. The van der Waals surface area contributed by atoms with Gasteiger partial charge < -0.3 is 13.7 Å². The molecule has 0 saturated carbocycles. The summed E-state index contributed by atoms with van der Waals surface area (Å²) in [6.07, 6.45) is 0. The predicted octanol–water partition coefficient (Wildman–Crippen LogP) is 3.33. The van der Waals surface area contributed by atoms with Gasteiger partial charge in [-0.25, -0.2) is 0 Å². The number of para-hydroxylation sites is 1. The second-order valence-corrected chi connectivity index (χ2v) is 12.4. The minimum atomic E-state index is 0.114. The van der Waals surface area contributed by atoms with Gasteiger partial charge in [-0.05, 0) is 46.2 Å². The third kappa shape index (κ3) is 4.34. The molecule has 7 aromatic carbocycles. The van der Waals surface area contributed by atoms with Crippen molar-refractivity contribution < 1.29 is 8.83 Å². The van der Waals surface area contributed by atoms with Crippen molar-refractivity contribution >= 4 is 165 Å². The number of furan rings is 2. The smallest absolute Gasteiger partial charge is 0.159 e. The Balaban J connectivity index is 1.37. The average Bonchev–Trinajstić information content (AvgIpc) is 3.75. The first kappa shape index (κ1) is 30.7. The van der Waals surface area contributed by atoms with Crippen molar-refractivity contribution in [2.75, 3.05) is 4.90 Å². The van der Waals surface area contributed by atoms with Crippen LogP contribution in [0, 0.1) is 0 Å². The van der Waals surface area contributed by atoms with E-state index >= 15 is 0 Å². The van der Waals surface area contributed by atoms with Gasteiger partial charge in [-0.3, -0.25) is 0 Å². The van der Waals surface area contributed by atoms with Crippen molar-refractivity contribution in [3.63, 3.8) is 0 Å². The number of nitrogens with zero attached hydrogens (tertiary/aromatic N) is 1. The third-order valence-electron chi connectivity index (χ3n) is 9.67. The molecule has 0 saturated heterocycles. The first-order valence-corrected chi connectivity index (χ1v) is 16.0. The van der Waals surface area contributed by atoms with Crippen LogP contribution in [0.3, 0.4) is 0 Å². The third-order valence-corrected chi connectivity index (χ3v) is 9.67. The lowest BCUT2D eigenvalue weighted by Gasteiger charge is -2.30. The van der Waals surface area contributed by atoms with Crippen molar-refractivity contribution in [2.24, 2.45) is 0 Å². The Morgan fingerprint density at radius 3 is 1.72 bits per heavy atom. The second-order valence-electron chi connectivity index (χ2n) is 12.4. The van der Waals surface area contributed by atoms with Crippen LogP contribution in [0.15, 0.2) is 118 Å². The maximum atomic E-state index is 7.07. The lowest BCUT2D eigenvalue weighted by Crippen LogP contribution is -2.47. The lowest BCUT2D eigenvalue weighted by molar-refractivity contribution is 0.672. The molecule has 0 aliphatic carbocycles. The zero-order valence-corrected chi connectivity index (χ0v) is 26.7. The fourth-order valence-corrected chi connectivity index (χ4v) is 7.14. The summed E-state index contributed by atoms with van der Waals surface area (Å²) in [7, 11) is 46.2. The molecule has 50 heavy (non-hydrogen) atoms. The summed E-state index contributed by atoms with van der Waals surface area (Å²) in [5.74, 6) is 0. The zero-order chi connectivity index (χ0) is 34.4. The van der Waals surface area contributed by atoms with Crippen LogP contribution >= 0.6 is 0 Å². The maximum Gasteiger partial charge on any atom is 0.159 e. The fraction of sp³-hybridized carbons (Fsp3) is 0. The van der Waals surface area contributed by atoms with Crippen molar-refractivity contribution in [2.45, 2.75) is 0 Å². The van der Waals surface area contributed by atoms with Crippen molar-refractivity contribution in [3.8, 4) is 11.1 Å². The maximum absolute atomic E-state index is 7.07. The summed E-state index contributed by atoms with van der Waals surface area (Å²) in [4.78, 5) is 1.95. The van der Waals surface area contributed by atoms with Crippen LogP contribution in [0.2, 0.25) is 0 Å². The van der Waals surface area contributed by atoms with Crippen LogP contribution in [0.5, 0.6) is 0 Å². The van der Waals surface area contributed by atoms with E-state index < -0.39 is 0 Å². The molecule has 0 atom stereocenters. The molecule has 0 fully saturated rings. The van der Waals surface area contributed by atoms with Crippen LogP contribution < -0.4 is 43.1 Å². The lowest BCUT2D eigenvalue weighted by atomic mass is 9.64. The normalized spacial score (nSPS) is 11.8. The molecule has 9 aromatic rings. The largest absolute Gasteiger partial charge is 0.457 e. The van der Waals surface area contributed by atoms with Crippen LogP contribution in [-0.2, 0) is 0 Å². The number of hydrogen-bond donors (Lipinski definition) is 0. The van der Waals surface area contributed by atoms with Crippen LogP contribution in [-0.4, -0.2) is 54.9 Å². The molecule has 2 aromatic heterocycles. The number of rotatable bonds is 4. The fourth-order valence-electron chi connectivity index (χ4n) is 7.14. The summed E-state index contributed by atoms with van der Waals surface area (Å²) in [6.45, 7) is 0. The van der Waals surface area contributed by atoms with Gasteiger partial charge in [0.25, 0.3) is 0 Å². The summed E-state index contributed by atoms with van der Waals surface area (Å²) in [6, 6.07) is 36.6. The van der Waals surface area contributed by atoms with Crippen LogP contribution in [0.25, 0.3) is 65.8 Å². The van der Waals surface area contributed by atoms with Crippen LogP contribution in [0.4, 0.5) is 17.1 Å². The molecule has 14 radical (unpaired) electrons. The molecule has 216 valence electrons. The SMILES string of the molecule is [B]c1c([B])c([B])c2c(oc3c([B])c(N(c4ccc(-c5ccccc5)cc4)c4cccc5c4oc4c6ccccc6ccc54)c([B])c([B])c32)c1[B]. The number of fused-ring (bicyclic) bond motifs is 8. The highest BCUT2D eigenvalue weighted by Gasteiger charge is 2.27. The quantitative estimate of drug-likeness (QED) is 0.283. The van der Waals surface area contributed by atoms with Gasteiger partial charge in [-0.15, -0.1) is 10.9 Å². The van der Waals surface area contributed by atoms with Gasteiger partial charge >= 0.3 is 0 Å². The molecule has 0 amide bonds. The van der Waals surface area contributed by atoms with Gasteiger partial charge in [0, 0.05) is 38.3 Å². The minimum absolute atomic E-state index is 0.114. The van der Waals surface area contributed by atoms with E-state index in [2.05, 4.69) is 36.4 Å². The molecule has 10 heteroatoms. The van der Waals surface area contributed by atoms with Crippen LogP contribution in [0.1, 0.15) is 0 Å². The van der Waals surface area contributed by atoms with Crippen molar-refractivity contribution in [1.29, 1.82) is 0 Å².